The summed E-state index contributed by atoms with van der Waals surface area (Å²) in [4.78, 5) is 22.4. The van der Waals surface area contributed by atoms with Gasteiger partial charge in [0.2, 0.25) is 5.91 Å². The lowest BCUT2D eigenvalue weighted by Gasteiger charge is -2.11. The minimum absolute atomic E-state index is 0.0849. The molecule has 1 aromatic carbocycles. The van der Waals surface area contributed by atoms with E-state index in [-0.39, 0.29) is 11.8 Å². The molecule has 5 nitrogen and oxygen atoms in total. The molecule has 1 amide bonds. The first-order chi connectivity index (χ1) is 9.90. The second-order valence-corrected chi connectivity index (χ2v) is 5.12. The molecule has 0 aromatic heterocycles. The van der Waals surface area contributed by atoms with E-state index in [1.54, 1.807) is 13.2 Å². The molecule has 1 rings (SSSR count). The van der Waals surface area contributed by atoms with Crippen molar-refractivity contribution >= 4 is 23.6 Å². The molecule has 0 fully saturated rings. The van der Waals surface area contributed by atoms with Crippen molar-refractivity contribution in [1.29, 1.82) is 0 Å². The van der Waals surface area contributed by atoms with Crippen LogP contribution in [0.4, 0.5) is 5.69 Å². The number of hydrogen-bond acceptors (Lipinski definition) is 3. The highest BCUT2D eigenvalue weighted by Crippen LogP contribution is 2.17. The number of benzene rings is 1. The molecule has 0 spiro atoms. The summed E-state index contributed by atoms with van der Waals surface area (Å²) >= 11 is 0. The zero-order valence-electron chi connectivity index (χ0n) is 12.6. The number of amides is 1. The van der Waals surface area contributed by atoms with Gasteiger partial charge in [-0.15, -0.1) is 0 Å². The van der Waals surface area contributed by atoms with E-state index < -0.39 is 5.97 Å². The average molecular weight is 291 g/mol. The maximum absolute atomic E-state index is 11.9. The quantitative estimate of drug-likeness (QED) is 0.757. The number of ether oxygens (including phenoxy) is 1. The third-order valence-electron chi connectivity index (χ3n) is 2.79. The van der Waals surface area contributed by atoms with E-state index in [1.165, 1.54) is 6.08 Å². The van der Waals surface area contributed by atoms with E-state index in [1.807, 2.05) is 26.0 Å². The maximum atomic E-state index is 11.9. The van der Waals surface area contributed by atoms with Crippen LogP contribution in [0.15, 0.2) is 24.3 Å². The summed E-state index contributed by atoms with van der Waals surface area (Å²) in [5.74, 6) is -0.944. The van der Waals surface area contributed by atoms with Crippen LogP contribution in [0.25, 0.3) is 6.08 Å². The van der Waals surface area contributed by atoms with E-state index in [4.69, 9.17) is 9.84 Å². The van der Waals surface area contributed by atoms with Crippen LogP contribution in [0.3, 0.4) is 0 Å². The molecule has 0 saturated heterocycles. The Morgan fingerprint density at radius 3 is 2.71 bits per heavy atom. The maximum Gasteiger partial charge on any atom is 0.328 e. The summed E-state index contributed by atoms with van der Waals surface area (Å²) in [7, 11) is 1.61. The summed E-state index contributed by atoms with van der Waals surface area (Å²) in [6.45, 7) is 4.37. The Bertz CT molecular complexity index is 537. The smallest absolute Gasteiger partial charge is 0.328 e. The van der Waals surface area contributed by atoms with E-state index in [9.17, 15) is 9.59 Å². The first kappa shape index (κ1) is 16.9. The number of aliphatic carboxylic acids is 1. The first-order valence-corrected chi connectivity index (χ1v) is 6.72. The molecule has 0 aliphatic rings. The van der Waals surface area contributed by atoms with Gasteiger partial charge in [0.05, 0.1) is 0 Å². The molecular weight excluding hydrogens is 270 g/mol. The van der Waals surface area contributed by atoms with Crippen LogP contribution < -0.4 is 5.32 Å². The molecule has 114 valence electrons. The number of rotatable bonds is 7. The van der Waals surface area contributed by atoms with Gasteiger partial charge in [0.1, 0.15) is 0 Å². The number of carbonyl (C=O) groups excluding carboxylic acids is 1. The highest BCUT2D eigenvalue weighted by molar-refractivity contribution is 5.91. The summed E-state index contributed by atoms with van der Waals surface area (Å²) in [5, 5.41) is 11.5. The van der Waals surface area contributed by atoms with Crippen molar-refractivity contribution < 1.29 is 19.4 Å². The Balaban J connectivity index is 2.74. The van der Waals surface area contributed by atoms with E-state index in [2.05, 4.69) is 5.32 Å². The monoisotopic (exact) mass is 291 g/mol. The second kappa shape index (κ2) is 8.21. The first-order valence-electron chi connectivity index (χ1n) is 6.72. The van der Waals surface area contributed by atoms with Gasteiger partial charge in [-0.2, -0.15) is 0 Å². The Hall–Kier alpha value is -2.14. The SMILES string of the molecule is COCC(C)CC(=O)Nc1cc(C)cc(/C=C/C(=O)O)c1. The van der Waals surface area contributed by atoms with Crippen molar-refractivity contribution in [1.82, 2.24) is 0 Å². The Labute approximate surface area is 124 Å². The van der Waals surface area contributed by atoms with Crippen LogP contribution in [-0.4, -0.2) is 30.7 Å². The second-order valence-electron chi connectivity index (χ2n) is 5.12. The summed E-state index contributed by atoms with van der Waals surface area (Å²) < 4.78 is 5.00. The number of hydrogen-bond donors (Lipinski definition) is 2. The normalized spacial score (nSPS) is 12.3. The Morgan fingerprint density at radius 2 is 2.10 bits per heavy atom. The van der Waals surface area contributed by atoms with Crippen molar-refractivity contribution in [3.63, 3.8) is 0 Å². The molecule has 0 saturated carbocycles. The third-order valence-corrected chi connectivity index (χ3v) is 2.79. The van der Waals surface area contributed by atoms with Crippen LogP contribution in [0.5, 0.6) is 0 Å². The number of anilines is 1. The van der Waals surface area contributed by atoms with Crippen molar-refractivity contribution in [2.45, 2.75) is 20.3 Å². The van der Waals surface area contributed by atoms with Crippen LogP contribution in [-0.2, 0) is 14.3 Å². The topological polar surface area (TPSA) is 75.6 Å². The molecule has 0 bridgehead atoms. The molecular formula is C16H21NO4. The lowest BCUT2D eigenvalue weighted by Crippen LogP contribution is -2.17. The van der Waals surface area contributed by atoms with Crippen LogP contribution in [0.1, 0.15) is 24.5 Å². The predicted octanol–water partition coefficient (Wildman–Crippen LogP) is 2.70. The van der Waals surface area contributed by atoms with Gasteiger partial charge in [-0.3, -0.25) is 4.79 Å². The van der Waals surface area contributed by atoms with Crippen molar-refractivity contribution in [3.05, 3.63) is 35.4 Å². The highest BCUT2D eigenvalue weighted by atomic mass is 16.5. The fourth-order valence-corrected chi connectivity index (χ4v) is 2.02. The molecule has 0 aliphatic carbocycles. The fraction of sp³-hybridized carbons (Fsp3) is 0.375. The van der Waals surface area contributed by atoms with E-state index in [0.29, 0.717) is 18.7 Å². The van der Waals surface area contributed by atoms with Crippen LogP contribution >= 0.6 is 0 Å². The third kappa shape index (κ3) is 6.72. The van der Waals surface area contributed by atoms with E-state index in [0.717, 1.165) is 17.2 Å². The molecule has 2 N–H and O–H groups in total. The Morgan fingerprint density at radius 1 is 1.38 bits per heavy atom. The molecule has 1 unspecified atom stereocenters. The minimum atomic E-state index is -1.00. The molecule has 1 atom stereocenters. The number of aryl methyl sites for hydroxylation is 1. The summed E-state index contributed by atoms with van der Waals surface area (Å²) in [6, 6.07) is 5.44. The number of carbonyl (C=O) groups is 2. The molecule has 0 radical (unpaired) electrons. The number of carboxylic acid groups (broad SMARTS) is 1. The summed E-state index contributed by atoms with van der Waals surface area (Å²) in [6.07, 6.45) is 2.95. The van der Waals surface area contributed by atoms with Crippen LogP contribution in [0.2, 0.25) is 0 Å². The van der Waals surface area contributed by atoms with Gasteiger partial charge in [0.25, 0.3) is 0 Å². The molecule has 5 heteroatoms. The number of carboxylic acids is 1. The van der Waals surface area contributed by atoms with Crippen molar-refractivity contribution in [3.8, 4) is 0 Å². The molecule has 0 heterocycles. The van der Waals surface area contributed by atoms with Gasteiger partial charge in [-0.1, -0.05) is 13.0 Å². The van der Waals surface area contributed by atoms with Gasteiger partial charge >= 0.3 is 5.97 Å². The average Bonchev–Trinajstić information content (AvgIpc) is 2.35. The largest absolute Gasteiger partial charge is 0.478 e. The van der Waals surface area contributed by atoms with Gasteiger partial charge in [0, 0.05) is 31.9 Å². The van der Waals surface area contributed by atoms with Gasteiger partial charge in [0.15, 0.2) is 0 Å². The fourth-order valence-electron chi connectivity index (χ4n) is 2.02. The lowest BCUT2D eigenvalue weighted by molar-refractivity contribution is -0.131. The zero-order chi connectivity index (χ0) is 15.8. The molecule has 0 aliphatic heterocycles. The zero-order valence-corrected chi connectivity index (χ0v) is 12.6. The van der Waals surface area contributed by atoms with E-state index >= 15 is 0 Å². The van der Waals surface area contributed by atoms with Gasteiger partial charge in [-0.25, -0.2) is 4.79 Å². The van der Waals surface area contributed by atoms with Gasteiger partial charge in [-0.05, 0) is 42.2 Å². The molecule has 21 heavy (non-hydrogen) atoms. The number of methoxy groups -OCH3 is 1. The molecule has 1 aromatic rings. The Kier molecular flexibility index (Phi) is 6.62. The summed E-state index contributed by atoms with van der Waals surface area (Å²) in [5.41, 5.74) is 2.34. The number of nitrogens with one attached hydrogen (secondary N) is 1. The van der Waals surface area contributed by atoms with Gasteiger partial charge < -0.3 is 15.2 Å². The van der Waals surface area contributed by atoms with Crippen LogP contribution in [0, 0.1) is 12.8 Å². The van der Waals surface area contributed by atoms with Crippen molar-refractivity contribution in [2.75, 3.05) is 19.0 Å². The lowest BCUT2D eigenvalue weighted by atomic mass is 10.1. The standard InChI is InChI=1S/C16H21NO4/c1-11-6-13(4-5-16(19)20)9-14(7-11)17-15(18)8-12(2)10-21-3/h4-7,9,12H,8,10H2,1-3H3,(H,17,18)(H,19,20)/b5-4+. The van der Waals surface area contributed by atoms with Crippen molar-refractivity contribution in [2.24, 2.45) is 5.92 Å². The highest BCUT2D eigenvalue weighted by Gasteiger charge is 2.09. The predicted molar refractivity (Wildman–Crippen MR) is 82.1 cm³/mol. The minimum Gasteiger partial charge on any atom is -0.478 e.